The predicted molar refractivity (Wildman–Crippen MR) is 89.9 cm³/mol. The molecule has 0 fully saturated rings. The third-order valence-corrected chi connectivity index (χ3v) is 4.49. The fourth-order valence-corrected chi connectivity index (χ4v) is 3.45. The zero-order valence-corrected chi connectivity index (χ0v) is 12.0. The lowest BCUT2D eigenvalue weighted by molar-refractivity contribution is 1.19. The molecule has 3 nitrogen and oxygen atoms in total. The van der Waals surface area contributed by atoms with Crippen molar-refractivity contribution in [3.63, 3.8) is 0 Å². The molecule has 2 heterocycles. The van der Waals surface area contributed by atoms with Crippen LogP contribution in [-0.2, 0) is 0 Å². The van der Waals surface area contributed by atoms with Gasteiger partial charge in [-0.2, -0.15) is 0 Å². The standard InChI is InChI=1S/C19H12N2O/c1-11-9-10-14-17-12(11)5-4-6-13(17)18-20-15-7-2-3-8-16(15)21(18)19(14)22/h2-10H,1H3. The summed E-state index contributed by atoms with van der Waals surface area (Å²) in [6, 6.07) is 17.9. The number of benzene rings is 3. The van der Waals surface area contributed by atoms with Gasteiger partial charge in [0.05, 0.1) is 11.0 Å². The molecule has 22 heavy (non-hydrogen) atoms. The van der Waals surface area contributed by atoms with Crippen LogP contribution in [0.1, 0.15) is 5.56 Å². The number of aryl methyl sites for hydroxylation is 1. The normalized spacial score (nSPS) is 12.0. The first kappa shape index (κ1) is 11.7. The highest BCUT2D eigenvalue weighted by atomic mass is 16.1. The highest BCUT2D eigenvalue weighted by Gasteiger charge is 2.15. The number of nitrogens with zero attached hydrogens (tertiary/aromatic N) is 2. The minimum Gasteiger partial charge on any atom is -0.268 e. The summed E-state index contributed by atoms with van der Waals surface area (Å²) in [6.45, 7) is 2.07. The molecule has 0 aliphatic rings. The second kappa shape index (κ2) is 3.83. The van der Waals surface area contributed by atoms with Crippen LogP contribution in [0.15, 0.2) is 59.4 Å². The summed E-state index contributed by atoms with van der Waals surface area (Å²) in [5, 5.41) is 3.94. The largest absolute Gasteiger partial charge is 0.268 e. The Bertz CT molecular complexity index is 1250. The lowest BCUT2D eigenvalue weighted by atomic mass is 9.99. The highest BCUT2D eigenvalue weighted by molar-refractivity contribution is 6.16. The Balaban J connectivity index is 2.25. The van der Waals surface area contributed by atoms with E-state index in [2.05, 4.69) is 19.1 Å². The van der Waals surface area contributed by atoms with E-state index in [9.17, 15) is 4.79 Å². The summed E-state index contributed by atoms with van der Waals surface area (Å²) in [7, 11) is 0. The molecule has 0 aliphatic heterocycles. The molecule has 2 aromatic heterocycles. The summed E-state index contributed by atoms with van der Waals surface area (Å²) in [6.07, 6.45) is 0. The SMILES string of the molecule is Cc1ccc2c(=O)n3c4ccccc4nc3c3cccc1c23. The van der Waals surface area contributed by atoms with Gasteiger partial charge in [-0.3, -0.25) is 9.20 Å². The smallest absolute Gasteiger partial charge is 0.264 e. The number of hydrogen-bond acceptors (Lipinski definition) is 2. The number of aromatic nitrogens is 2. The molecule has 0 bridgehead atoms. The van der Waals surface area contributed by atoms with Crippen LogP contribution < -0.4 is 5.56 Å². The van der Waals surface area contributed by atoms with Gasteiger partial charge in [-0.25, -0.2) is 4.98 Å². The number of fused-ring (bicyclic) bond motifs is 4. The highest BCUT2D eigenvalue weighted by Crippen LogP contribution is 2.30. The Kier molecular flexibility index (Phi) is 2.03. The minimum atomic E-state index is 0.00685. The summed E-state index contributed by atoms with van der Waals surface area (Å²) in [5.41, 5.74) is 3.65. The molecule has 0 amide bonds. The van der Waals surface area contributed by atoms with Crippen molar-refractivity contribution >= 4 is 38.2 Å². The fourth-order valence-electron chi connectivity index (χ4n) is 3.45. The van der Waals surface area contributed by atoms with Crippen LogP contribution in [0.3, 0.4) is 0 Å². The molecule has 0 aliphatic carbocycles. The van der Waals surface area contributed by atoms with Gasteiger partial charge in [0.15, 0.2) is 0 Å². The van der Waals surface area contributed by atoms with Crippen molar-refractivity contribution in [3.05, 3.63) is 70.5 Å². The van der Waals surface area contributed by atoms with E-state index in [1.807, 2.05) is 42.5 Å². The first-order valence-corrected chi connectivity index (χ1v) is 7.30. The van der Waals surface area contributed by atoms with Gasteiger partial charge in [-0.1, -0.05) is 36.4 Å². The summed E-state index contributed by atoms with van der Waals surface area (Å²) in [4.78, 5) is 17.7. The first-order valence-electron chi connectivity index (χ1n) is 7.30. The molecule has 3 heteroatoms. The number of hydrogen-bond donors (Lipinski definition) is 0. The monoisotopic (exact) mass is 284 g/mol. The van der Waals surface area contributed by atoms with Crippen LogP contribution in [0.2, 0.25) is 0 Å². The topological polar surface area (TPSA) is 34.4 Å². The third kappa shape index (κ3) is 1.26. The summed E-state index contributed by atoms with van der Waals surface area (Å²) < 4.78 is 1.74. The maximum Gasteiger partial charge on any atom is 0.264 e. The number of para-hydroxylation sites is 2. The van der Waals surface area contributed by atoms with Crippen molar-refractivity contribution < 1.29 is 0 Å². The van der Waals surface area contributed by atoms with Crippen molar-refractivity contribution in [2.45, 2.75) is 6.92 Å². The van der Waals surface area contributed by atoms with Crippen LogP contribution in [-0.4, -0.2) is 9.38 Å². The van der Waals surface area contributed by atoms with Gasteiger partial charge in [0, 0.05) is 16.2 Å². The molecule has 0 spiro atoms. The Labute approximate surface area is 125 Å². The van der Waals surface area contributed by atoms with Crippen LogP contribution in [0, 0.1) is 6.92 Å². The predicted octanol–water partition coefficient (Wildman–Crippen LogP) is 3.90. The van der Waals surface area contributed by atoms with Crippen molar-refractivity contribution in [2.75, 3.05) is 0 Å². The van der Waals surface area contributed by atoms with Gasteiger partial charge in [-0.15, -0.1) is 0 Å². The summed E-state index contributed by atoms with van der Waals surface area (Å²) in [5.74, 6) is 0. The lowest BCUT2D eigenvalue weighted by Gasteiger charge is -2.08. The molecular weight excluding hydrogens is 272 g/mol. The van der Waals surface area contributed by atoms with Crippen LogP contribution in [0.5, 0.6) is 0 Å². The van der Waals surface area contributed by atoms with Gasteiger partial charge in [0.1, 0.15) is 5.65 Å². The maximum atomic E-state index is 13.0. The fraction of sp³-hybridized carbons (Fsp3) is 0.0526. The van der Waals surface area contributed by atoms with Crippen LogP contribution in [0.4, 0.5) is 0 Å². The average Bonchev–Trinajstić information content (AvgIpc) is 2.94. The molecule has 0 unspecified atom stereocenters. The van der Waals surface area contributed by atoms with E-state index in [1.54, 1.807) is 4.40 Å². The molecule has 0 saturated heterocycles. The number of rotatable bonds is 0. The minimum absolute atomic E-state index is 0.00685. The number of pyridine rings is 1. The van der Waals surface area contributed by atoms with Gasteiger partial charge in [0.25, 0.3) is 5.56 Å². The quantitative estimate of drug-likeness (QED) is 0.432. The van der Waals surface area contributed by atoms with Gasteiger partial charge < -0.3 is 0 Å². The molecule has 3 aromatic carbocycles. The van der Waals surface area contributed by atoms with E-state index >= 15 is 0 Å². The second-order valence-corrected chi connectivity index (χ2v) is 5.72. The second-order valence-electron chi connectivity index (χ2n) is 5.72. The van der Waals surface area contributed by atoms with Crippen molar-refractivity contribution in [1.82, 2.24) is 9.38 Å². The Morgan fingerprint density at radius 3 is 2.59 bits per heavy atom. The van der Waals surface area contributed by atoms with Crippen molar-refractivity contribution in [3.8, 4) is 0 Å². The Morgan fingerprint density at radius 1 is 0.864 bits per heavy atom. The molecule has 5 aromatic rings. The third-order valence-electron chi connectivity index (χ3n) is 4.49. The molecule has 0 atom stereocenters. The molecule has 0 radical (unpaired) electrons. The molecule has 104 valence electrons. The molecule has 0 saturated carbocycles. The zero-order chi connectivity index (χ0) is 14.8. The number of imidazole rings is 1. The van der Waals surface area contributed by atoms with E-state index in [1.165, 1.54) is 5.56 Å². The van der Waals surface area contributed by atoms with E-state index in [0.717, 1.165) is 38.2 Å². The van der Waals surface area contributed by atoms with Gasteiger partial charge in [0.2, 0.25) is 0 Å². The van der Waals surface area contributed by atoms with Crippen LogP contribution >= 0.6 is 0 Å². The molecular formula is C19H12N2O. The Hall–Kier alpha value is -2.94. The van der Waals surface area contributed by atoms with Crippen LogP contribution in [0.25, 0.3) is 38.2 Å². The molecule has 5 rings (SSSR count). The van der Waals surface area contributed by atoms with Crippen molar-refractivity contribution in [2.24, 2.45) is 0 Å². The molecule has 0 N–H and O–H groups in total. The first-order chi connectivity index (χ1) is 10.8. The maximum absolute atomic E-state index is 13.0. The summed E-state index contributed by atoms with van der Waals surface area (Å²) >= 11 is 0. The lowest BCUT2D eigenvalue weighted by Crippen LogP contribution is -2.13. The zero-order valence-electron chi connectivity index (χ0n) is 12.0. The van der Waals surface area contributed by atoms with E-state index < -0.39 is 0 Å². The average molecular weight is 284 g/mol. The van der Waals surface area contributed by atoms with Gasteiger partial charge >= 0.3 is 0 Å². The van der Waals surface area contributed by atoms with E-state index in [-0.39, 0.29) is 5.56 Å². The van der Waals surface area contributed by atoms with E-state index in [4.69, 9.17) is 4.98 Å². The van der Waals surface area contributed by atoms with Crippen molar-refractivity contribution in [1.29, 1.82) is 0 Å². The van der Waals surface area contributed by atoms with Gasteiger partial charge in [-0.05, 0) is 36.1 Å². The Morgan fingerprint density at radius 2 is 1.68 bits per heavy atom. The van der Waals surface area contributed by atoms with E-state index in [0.29, 0.717) is 0 Å².